The molecule has 0 radical (unpaired) electrons. The quantitative estimate of drug-likeness (QED) is 0.240. The third-order valence-electron chi connectivity index (χ3n) is 6.37. The summed E-state index contributed by atoms with van der Waals surface area (Å²) in [5.74, 6) is -0.214. The van der Waals surface area contributed by atoms with E-state index in [2.05, 4.69) is 31.4 Å². The smallest absolute Gasteiger partial charge is 0.246 e. The number of ketones is 1. The van der Waals surface area contributed by atoms with Gasteiger partial charge in [-0.2, -0.15) is 0 Å². The summed E-state index contributed by atoms with van der Waals surface area (Å²) in [6.45, 7) is 16.7. The molecule has 0 atom stereocenters. The van der Waals surface area contributed by atoms with Gasteiger partial charge in [0.05, 0.1) is 39.6 Å². The molecule has 0 aliphatic heterocycles. The number of carbonyl (C=O) groups excluding carboxylic acids is 2. The van der Waals surface area contributed by atoms with E-state index in [1.807, 2.05) is 20.8 Å². The molecule has 2 N–H and O–H groups in total. The number of carbonyl (C=O) groups is 2. The minimum atomic E-state index is -0.374. The Balaban J connectivity index is 3.48. The van der Waals surface area contributed by atoms with Gasteiger partial charge in [0.25, 0.3) is 0 Å². The lowest BCUT2D eigenvalue weighted by Crippen LogP contribution is -2.42. The standard InChI is InChI=1S/C24H48N2O6/c1-7-23(5,8-2)21(27)19-32-20-22(28)25-11-13-29-15-17-31-18-16-30-14-12-26-24(6,9-3)10-4/h26H,7-20H2,1-6H3,(H,25,28). The first kappa shape index (κ1) is 30.9. The molecule has 0 aliphatic carbocycles. The van der Waals surface area contributed by atoms with Crippen LogP contribution >= 0.6 is 0 Å². The van der Waals surface area contributed by atoms with E-state index in [0.717, 1.165) is 32.2 Å². The molecule has 0 heterocycles. The second-order valence-electron chi connectivity index (χ2n) is 8.57. The van der Waals surface area contributed by atoms with Crippen molar-refractivity contribution in [2.75, 3.05) is 65.9 Å². The number of amides is 1. The number of hydrogen-bond acceptors (Lipinski definition) is 7. The van der Waals surface area contributed by atoms with Crippen molar-refractivity contribution in [1.29, 1.82) is 0 Å². The number of hydrogen-bond donors (Lipinski definition) is 2. The molecule has 0 aliphatic rings. The summed E-state index contributed by atoms with van der Waals surface area (Å²) in [5.41, 5.74) is -0.185. The van der Waals surface area contributed by atoms with Gasteiger partial charge in [0.1, 0.15) is 13.2 Å². The highest BCUT2D eigenvalue weighted by Gasteiger charge is 2.28. The van der Waals surface area contributed by atoms with Gasteiger partial charge in [0.15, 0.2) is 5.78 Å². The normalized spacial score (nSPS) is 12.2. The second kappa shape index (κ2) is 18.4. The molecule has 0 unspecified atom stereocenters. The zero-order valence-corrected chi connectivity index (χ0v) is 21.3. The molecule has 0 aromatic heterocycles. The van der Waals surface area contributed by atoms with Crippen molar-refractivity contribution in [3.05, 3.63) is 0 Å². The Labute approximate surface area is 195 Å². The molecule has 8 heteroatoms. The number of nitrogens with one attached hydrogen (secondary N) is 2. The van der Waals surface area contributed by atoms with Crippen LogP contribution in [-0.2, 0) is 28.5 Å². The largest absolute Gasteiger partial charge is 0.378 e. The summed E-state index contributed by atoms with van der Waals surface area (Å²) in [6.07, 6.45) is 3.73. The van der Waals surface area contributed by atoms with E-state index in [1.165, 1.54) is 0 Å². The van der Waals surface area contributed by atoms with Crippen LogP contribution in [0.2, 0.25) is 0 Å². The van der Waals surface area contributed by atoms with E-state index >= 15 is 0 Å². The molecular formula is C24H48N2O6. The predicted molar refractivity (Wildman–Crippen MR) is 127 cm³/mol. The van der Waals surface area contributed by atoms with E-state index < -0.39 is 0 Å². The van der Waals surface area contributed by atoms with Gasteiger partial charge in [-0.15, -0.1) is 0 Å². The lowest BCUT2D eigenvalue weighted by atomic mass is 9.81. The van der Waals surface area contributed by atoms with Crippen LogP contribution < -0.4 is 10.6 Å². The van der Waals surface area contributed by atoms with Crippen molar-refractivity contribution in [2.24, 2.45) is 5.41 Å². The highest BCUT2D eigenvalue weighted by atomic mass is 16.5. The van der Waals surface area contributed by atoms with Crippen LogP contribution in [0.15, 0.2) is 0 Å². The molecule has 1 amide bonds. The Morgan fingerprint density at radius 1 is 0.656 bits per heavy atom. The summed E-state index contributed by atoms with van der Waals surface area (Å²) in [5, 5.41) is 6.23. The van der Waals surface area contributed by atoms with Gasteiger partial charge in [-0.1, -0.05) is 34.6 Å². The zero-order valence-electron chi connectivity index (χ0n) is 21.3. The molecule has 0 rings (SSSR count). The lowest BCUT2D eigenvalue weighted by molar-refractivity contribution is -0.136. The van der Waals surface area contributed by atoms with Crippen molar-refractivity contribution >= 4 is 11.7 Å². The molecule has 0 aromatic rings. The molecule has 8 nitrogen and oxygen atoms in total. The van der Waals surface area contributed by atoms with Crippen LogP contribution in [0.4, 0.5) is 0 Å². The monoisotopic (exact) mass is 460 g/mol. The number of rotatable bonds is 22. The average molecular weight is 461 g/mol. The van der Waals surface area contributed by atoms with Gasteiger partial charge in [-0.25, -0.2) is 0 Å². The molecule has 32 heavy (non-hydrogen) atoms. The van der Waals surface area contributed by atoms with Crippen LogP contribution in [0.3, 0.4) is 0 Å². The fourth-order valence-electron chi connectivity index (χ4n) is 2.84. The Kier molecular flexibility index (Phi) is 17.8. The van der Waals surface area contributed by atoms with Gasteiger partial charge in [-0.3, -0.25) is 9.59 Å². The van der Waals surface area contributed by atoms with E-state index in [9.17, 15) is 9.59 Å². The third-order valence-corrected chi connectivity index (χ3v) is 6.37. The fourth-order valence-corrected chi connectivity index (χ4v) is 2.84. The van der Waals surface area contributed by atoms with Gasteiger partial charge in [0, 0.05) is 24.0 Å². The summed E-state index contributed by atoms with van der Waals surface area (Å²) in [6, 6.07) is 0. The Morgan fingerprint density at radius 3 is 1.66 bits per heavy atom. The second-order valence-corrected chi connectivity index (χ2v) is 8.57. The summed E-state index contributed by atoms with van der Waals surface area (Å²) in [4.78, 5) is 23.9. The van der Waals surface area contributed by atoms with Gasteiger partial charge in [0.2, 0.25) is 5.91 Å². The van der Waals surface area contributed by atoms with Gasteiger partial charge in [-0.05, 0) is 32.6 Å². The van der Waals surface area contributed by atoms with Crippen molar-refractivity contribution in [2.45, 2.75) is 72.8 Å². The molecule has 0 aromatic carbocycles. The van der Waals surface area contributed by atoms with Crippen molar-refractivity contribution < 1.29 is 28.5 Å². The summed E-state index contributed by atoms with van der Waals surface area (Å²) < 4.78 is 21.7. The van der Waals surface area contributed by atoms with Crippen LogP contribution in [0.25, 0.3) is 0 Å². The first-order valence-electron chi connectivity index (χ1n) is 12.1. The zero-order chi connectivity index (χ0) is 24.3. The SMILES string of the molecule is CCC(C)(CC)NCCOCCOCCOCCNC(=O)COCC(=O)C(C)(CC)CC. The van der Waals surface area contributed by atoms with Gasteiger partial charge < -0.3 is 29.6 Å². The first-order valence-corrected chi connectivity index (χ1v) is 12.1. The highest BCUT2D eigenvalue weighted by molar-refractivity contribution is 5.86. The third kappa shape index (κ3) is 14.2. The molecule has 0 saturated carbocycles. The maximum atomic E-state index is 12.1. The maximum Gasteiger partial charge on any atom is 0.246 e. The van der Waals surface area contributed by atoms with Crippen molar-refractivity contribution in [3.8, 4) is 0 Å². The van der Waals surface area contributed by atoms with Crippen LogP contribution in [0.5, 0.6) is 0 Å². The molecule has 0 fully saturated rings. The van der Waals surface area contributed by atoms with Gasteiger partial charge >= 0.3 is 0 Å². The molecule has 0 spiro atoms. The van der Waals surface area contributed by atoms with Crippen molar-refractivity contribution in [1.82, 2.24) is 10.6 Å². The summed E-state index contributed by atoms with van der Waals surface area (Å²) in [7, 11) is 0. The number of Topliss-reactive ketones (excluding diaryl/α,β-unsaturated/α-hetero) is 1. The first-order chi connectivity index (χ1) is 15.3. The minimum Gasteiger partial charge on any atom is -0.378 e. The predicted octanol–water partition coefficient (Wildman–Crippen LogP) is 2.73. The van der Waals surface area contributed by atoms with Crippen LogP contribution in [0, 0.1) is 5.41 Å². The lowest BCUT2D eigenvalue weighted by Gasteiger charge is -2.28. The topological polar surface area (TPSA) is 95.1 Å². The Morgan fingerprint density at radius 2 is 1.16 bits per heavy atom. The van der Waals surface area contributed by atoms with E-state index in [0.29, 0.717) is 46.2 Å². The Bertz CT molecular complexity index is 493. The van der Waals surface area contributed by atoms with E-state index in [-0.39, 0.29) is 35.9 Å². The van der Waals surface area contributed by atoms with Crippen LogP contribution in [-0.4, -0.2) is 83.2 Å². The van der Waals surface area contributed by atoms with E-state index in [4.69, 9.17) is 18.9 Å². The molecule has 0 saturated heterocycles. The minimum absolute atomic E-state index is 0.0312. The highest BCUT2D eigenvalue weighted by Crippen LogP contribution is 2.26. The fraction of sp³-hybridized carbons (Fsp3) is 0.917. The van der Waals surface area contributed by atoms with Crippen LogP contribution in [0.1, 0.15) is 67.2 Å². The van der Waals surface area contributed by atoms with Crippen molar-refractivity contribution in [3.63, 3.8) is 0 Å². The Hall–Kier alpha value is -1.06. The van der Waals surface area contributed by atoms with E-state index in [1.54, 1.807) is 0 Å². The average Bonchev–Trinajstić information content (AvgIpc) is 2.81. The molecule has 0 bridgehead atoms. The molecular weight excluding hydrogens is 412 g/mol. The molecule has 190 valence electrons. The number of ether oxygens (including phenoxy) is 4. The maximum absolute atomic E-state index is 12.1. The summed E-state index contributed by atoms with van der Waals surface area (Å²) >= 11 is 0.